The summed E-state index contributed by atoms with van der Waals surface area (Å²) < 4.78 is 44.9. The molecule has 176 valence electrons. The Hall–Kier alpha value is -3.25. The first kappa shape index (κ1) is 22.5. The van der Waals surface area contributed by atoms with E-state index in [-0.39, 0.29) is 18.7 Å². The van der Waals surface area contributed by atoms with Crippen LogP contribution in [0.2, 0.25) is 0 Å². The second-order valence-electron chi connectivity index (χ2n) is 8.12. The first-order valence-corrected chi connectivity index (χ1v) is 11.2. The molecule has 12 heteroatoms. The van der Waals surface area contributed by atoms with E-state index in [1.54, 1.807) is 6.07 Å². The SMILES string of the molecule is O=C(O)N[C@@H]1CCN([C@H](c2ccc3nnc(-c4ccc5ccc(Br)cc5n4)n3c2)C(F)(F)F)C1. The molecule has 4 aromatic rings. The highest BCUT2D eigenvalue weighted by Crippen LogP contribution is 2.39. The third-order valence-electron chi connectivity index (χ3n) is 5.85. The largest absolute Gasteiger partial charge is 0.465 e. The Morgan fingerprint density at radius 3 is 2.74 bits per heavy atom. The number of likely N-dealkylation sites (tertiary alicyclic amines) is 1. The Kier molecular flexibility index (Phi) is 5.64. The second-order valence-corrected chi connectivity index (χ2v) is 9.04. The third-order valence-corrected chi connectivity index (χ3v) is 6.34. The quantitative estimate of drug-likeness (QED) is 0.395. The lowest BCUT2D eigenvalue weighted by atomic mass is 10.1. The van der Waals surface area contributed by atoms with E-state index >= 15 is 0 Å². The number of rotatable bonds is 4. The number of hydrogen-bond donors (Lipinski definition) is 2. The first-order chi connectivity index (χ1) is 16.2. The Balaban J connectivity index is 1.54. The predicted octanol–water partition coefficient (Wildman–Crippen LogP) is 4.65. The Bertz CT molecular complexity index is 1390. The molecule has 1 amide bonds. The standard InChI is InChI=1S/C22H18BrF3N6O2/c23-14-4-1-12-2-5-16(28-17(12)9-14)20-30-29-18-6-3-13(10-32(18)20)19(22(24,25)26)31-8-7-15(11-31)27-21(33)34/h1-6,9-10,15,19,27H,7-8,11H2,(H,33,34)/t15-,19-/m1/s1. The molecule has 3 aromatic heterocycles. The summed E-state index contributed by atoms with van der Waals surface area (Å²) in [5.41, 5.74) is 1.59. The molecule has 1 aliphatic heterocycles. The highest BCUT2D eigenvalue weighted by molar-refractivity contribution is 9.10. The second kappa shape index (κ2) is 8.51. The summed E-state index contributed by atoms with van der Waals surface area (Å²) >= 11 is 3.42. The van der Waals surface area contributed by atoms with E-state index in [1.807, 2.05) is 24.3 Å². The number of carboxylic acid groups (broad SMARTS) is 1. The van der Waals surface area contributed by atoms with E-state index in [9.17, 15) is 18.0 Å². The molecule has 0 aliphatic carbocycles. The van der Waals surface area contributed by atoms with Gasteiger partial charge in [-0.1, -0.05) is 34.1 Å². The van der Waals surface area contributed by atoms with Crippen LogP contribution >= 0.6 is 15.9 Å². The van der Waals surface area contributed by atoms with Crippen molar-refractivity contribution in [2.24, 2.45) is 0 Å². The molecule has 4 heterocycles. The van der Waals surface area contributed by atoms with Crippen molar-refractivity contribution in [2.75, 3.05) is 13.1 Å². The summed E-state index contributed by atoms with van der Waals surface area (Å²) in [6.07, 6.45) is -4.13. The molecule has 0 saturated carbocycles. The van der Waals surface area contributed by atoms with Crippen molar-refractivity contribution in [3.63, 3.8) is 0 Å². The zero-order valence-electron chi connectivity index (χ0n) is 17.5. The number of hydrogen-bond acceptors (Lipinski definition) is 5. The van der Waals surface area contributed by atoms with Crippen molar-refractivity contribution in [3.05, 3.63) is 58.7 Å². The van der Waals surface area contributed by atoms with Gasteiger partial charge >= 0.3 is 12.3 Å². The maximum Gasteiger partial charge on any atom is 0.408 e. The number of carbonyl (C=O) groups is 1. The average Bonchev–Trinajstić information content (AvgIpc) is 3.38. The molecule has 1 saturated heterocycles. The maximum absolute atomic E-state index is 14.2. The molecule has 0 unspecified atom stereocenters. The van der Waals surface area contributed by atoms with Crippen LogP contribution in [0.4, 0.5) is 18.0 Å². The molecule has 0 bridgehead atoms. The summed E-state index contributed by atoms with van der Waals surface area (Å²) in [6, 6.07) is 9.70. The number of nitrogens with one attached hydrogen (secondary N) is 1. The van der Waals surface area contributed by atoms with Crippen LogP contribution in [0.5, 0.6) is 0 Å². The molecular formula is C22H18BrF3N6O2. The summed E-state index contributed by atoms with van der Waals surface area (Å²) in [6.45, 7) is 0.0773. The van der Waals surface area contributed by atoms with Gasteiger partial charge in [0.2, 0.25) is 0 Å². The third kappa shape index (κ3) is 4.30. The highest BCUT2D eigenvalue weighted by atomic mass is 79.9. The molecule has 0 radical (unpaired) electrons. The maximum atomic E-state index is 14.2. The Morgan fingerprint density at radius 2 is 1.97 bits per heavy atom. The van der Waals surface area contributed by atoms with Gasteiger partial charge < -0.3 is 10.4 Å². The monoisotopic (exact) mass is 534 g/mol. The fourth-order valence-corrected chi connectivity index (χ4v) is 4.73. The Morgan fingerprint density at radius 1 is 1.18 bits per heavy atom. The van der Waals surface area contributed by atoms with E-state index in [1.165, 1.54) is 27.6 Å². The van der Waals surface area contributed by atoms with Crippen LogP contribution in [-0.2, 0) is 0 Å². The van der Waals surface area contributed by atoms with Gasteiger partial charge in [0.25, 0.3) is 0 Å². The number of pyridine rings is 2. The van der Waals surface area contributed by atoms with Crippen LogP contribution in [0.3, 0.4) is 0 Å². The number of benzene rings is 1. The summed E-state index contributed by atoms with van der Waals surface area (Å²) in [7, 11) is 0. The van der Waals surface area contributed by atoms with Gasteiger partial charge in [-0.3, -0.25) is 9.30 Å². The summed E-state index contributed by atoms with van der Waals surface area (Å²) in [4.78, 5) is 16.8. The fourth-order valence-electron chi connectivity index (χ4n) is 4.38. The number of fused-ring (bicyclic) bond motifs is 2. The number of amides is 1. The highest BCUT2D eigenvalue weighted by Gasteiger charge is 2.47. The van der Waals surface area contributed by atoms with Crippen LogP contribution in [0.15, 0.2) is 53.1 Å². The first-order valence-electron chi connectivity index (χ1n) is 10.4. The van der Waals surface area contributed by atoms with Crippen molar-refractivity contribution in [1.82, 2.24) is 29.8 Å². The lowest BCUT2D eigenvalue weighted by Crippen LogP contribution is -2.40. The van der Waals surface area contributed by atoms with Crippen molar-refractivity contribution in [3.8, 4) is 11.5 Å². The van der Waals surface area contributed by atoms with Crippen molar-refractivity contribution in [2.45, 2.75) is 24.7 Å². The zero-order chi connectivity index (χ0) is 24.0. The van der Waals surface area contributed by atoms with Gasteiger partial charge in [-0.25, -0.2) is 9.78 Å². The zero-order valence-corrected chi connectivity index (χ0v) is 19.1. The van der Waals surface area contributed by atoms with Crippen LogP contribution in [-0.4, -0.2) is 61.0 Å². The van der Waals surface area contributed by atoms with Gasteiger partial charge in [0, 0.05) is 35.2 Å². The van der Waals surface area contributed by atoms with E-state index in [4.69, 9.17) is 5.11 Å². The minimum atomic E-state index is -4.56. The molecule has 1 fully saturated rings. The van der Waals surface area contributed by atoms with Crippen LogP contribution in [0.1, 0.15) is 18.0 Å². The van der Waals surface area contributed by atoms with Crippen LogP contribution in [0, 0.1) is 0 Å². The molecule has 2 atom stereocenters. The average molecular weight is 535 g/mol. The van der Waals surface area contributed by atoms with E-state index in [2.05, 4.69) is 36.4 Å². The minimum absolute atomic E-state index is 0.0144. The number of aromatic nitrogens is 4. The molecule has 0 spiro atoms. The van der Waals surface area contributed by atoms with Crippen molar-refractivity contribution >= 4 is 38.6 Å². The van der Waals surface area contributed by atoms with Crippen molar-refractivity contribution < 1.29 is 23.1 Å². The molecular weight excluding hydrogens is 517 g/mol. The smallest absolute Gasteiger partial charge is 0.408 e. The van der Waals surface area contributed by atoms with Gasteiger partial charge in [-0.05, 0) is 36.2 Å². The lowest BCUT2D eigenvalue weighted by Gasteiger charge is -2.30. The number of alkyl halides is 3. The van der Waals surface area contributed by atoms with Gasteiger partial charge in [-0.2, -0.15) is 13.2 Å². The topological polar surface area (TPSA) is 95.7 Å². The molecule has 8 nitrogen and oxygen atoms in total. The van der Waals surface area contributed by atoms with Gasteiger partial charge in [0.05, 0.1) is 5.52 Å². The minimum Gasteiger partial charge on any atom is -0.465 e. The predicted molar refractivity (Wildman–Crippen MR) is 121 cm³/mol. The van der Waals surface area contributed by atoms with Gasteiger partial charge in [-0.15, -0.1) is 10.2 Å². The molecule has 34 heavy (non-hydrogen) atoms. The fraction of sp³-hybridized carbons (Fsp3) is 0.273. The number of halogens is 4. The summed E-state index contributed by atoms with van der Waals surface area (Å²) in [5.74, 6) is 0.325. The van der Waals surface area contributed by atoms with Gasteiger partial charge in [0.1, 0.15) is 11.7 Å². The molecule has 5 rings (SSSR count). The molecule has 1 aliphatic rings. The van der Waals surface area contributed by atoms with Crippen molar-refractivity contribution in [1.29, 1.82) is 0 Å². The molecule has 2 N–H and O–H groups in total. The van der Waals surface area contributed by atoms with E-state index < -0.39 is 24.4 Å². The van der Waals surface area contributed by atoms with Crippen LogP contribution in [0.25, 0.3) is 28.1 Å². The van der Waals surface area contributed by atoms with E-state index in [0.29, 0.717) is 29.1 Å². The lowest BCUT2D eigenvalue weighted by molar-refractivity contribution is -0.184. The Labute approximate surface area is 199 Å². The van der Waals surface area contributed by atoms with Crippen LogP contribution < -0.4 is 5.32 Å². The van der Waals surface area contributed by atoms with Gasteiger partial charge in [0.15, 0.2) is 11.5 Å². The number of nitrogens with zero attached hydrogens (tertiary/aromatic N) is 5. The summed E-state index contributed by atoms with van der Waals surface area (Å²) in [5, 5.41) is 20.4. The van der Waals surface area contributed by atoms with E-state index in [0.717, 1.165) is 9.86 Å². The molecule has 1 aromatic carbocycles. The normalized spacial score (nSPS) is 17.9.